The first-order chi connectivity index (χ1) is 14.7. The van der Waals surface area contributed by atoms with Crippen LogP contribution in [0.5, 0.6) is 0 Å². The Balaban J connectivity index is 1.30. The van der Waals surface area contributed by atoms with Crippen LogP contribution in [0.15, 0.2) is 0 Å². The second-order valence-electron chi connectivity index (χ2n) is 13.0. The zero-order chi connectivity index (χ0) is 21.8. The summed E-state index contributed by atoms with van der Waals surface area (Å²) >= 11 is 0. The molecule has 4 aliphatic carbocycles. The standard InChI is InChI=1S/C27H42O4/c1-15-7-10-27(30-14-15)16(2)24-22(31-27)12-21-19-6-5-17-11-18(28)8-9-25(17,3)20(19)13-23(29)26(21,24)4/h15-22,24,28H,5-14H2,1-4H3/t15-,16-,17-,18-,19?,20?,21?,22-,24-,25-,26+,27+/m1/s1. The highest BCUT2D eigenvalue weighted by Crippen LogP contribution is 2.70. The van der Waals surface area contributed by atoms with Crippen molar-refractivity contribution in [2.75, 3.05) is 6.61 Å². The van der Waals surface area contributed by atoms with Crippen molar-refractivity contribution in [3.8, 4) is 0 Å². The van der Waals surface area contributed by atoms with Crippen LogP contribution in [0.4, 0.5) is 0 Å². The lowest BCUT2D eigenvalue weighted by Crippen LogP contribution is -2.58. The van der Waals surface area contributed by atoms with E-state index >= 15 is 0 Å². The average Bonchev–Trinajstić information content (AvgIpc) is 3.18. The van der Waals surface area contributed by atoms with Gasteiger partial charge in [0.25, 0.3) is 0 Å². The molecule has 6 aliphatic rings. The van der Waals surface area contributed by atoms with Gasteiger partial charge in [-0.1, -0.05) is 27.7 Å². The summed E-state index contributed by atoms with van der Waals surface area (Å²) in [4.78, 5) is 14.0. The fraction of sp³-hybridized carbons (Fsp3) is 0.963. The molecule has 0 radical (unpaired) electrons. The molecule has 0 aromatic rings. The average molecular weight is 431 g/mol. The van der Waals surface area contributed by atoms with Gasteiger partial charge in [-0.3, -0.25) is 4.79 Å². The molecule has 1 spiro atoms. The van der Waals surface area contributed by atoms with Gasteiger partial charge in [-0.05, 0) is 80.0 Å². The molecular weight excluding hydrogens is 388 g/mol. The van der Waals surface area contributed by atoms with Crippen molar-refractivity contribution in [3.63, 3.8) is 0 Å². The molecule has 0 aromatic carbocycles. The monoisotopic (exact) mass is 430 g/mol. The Labute approximate surface area is 187 Å². The third-order valence-electron chi connectivity index (χ3n) is 11.8. The molecule has 31 heavy (non-hydrogen) atoms. The molecule has 0 bridgehead atoms. The summed E-state index contributed by atoms with van der Waals surface area (Å²) in [6.07, 6.45) is 9.39. The predicted molar refractivity (Wildman–Crippen MR) is 118 cm³/mol. The van der Waals surface area contributed by atoms with Crippen molar-refractivity contribution in [3.05, 3.63) is 0 Å². The number of aliphatic hydroxyl groups is 1. The van der Waals surface area contributed by atoms with Crippen LogP contribution in [-0.4, -0.2) is 35.5 Å². The second kappa shape index (κ2) is 6.79. The summed E-state index contributed by atoms with van der Waals surface area (Å²) in [7, 11) is 0. The van der Waals surface area contributed by atoms with E-state index in [1.165, 1.54) is 12.8 Å². The highest BCUT2D eigenvalue weighted by molar-refractivity contribution is 5.87. The van der Waals surface area contributed by atoms with Gasteiger partial charge < -0.3 is 14.6 Å². The fourth-order valence-electron chi connectivity index (χ4n) is 9.93. The minimum absolute atomic E-state index is 0.131. The molecule has 0 amide bonds. The van der Waals surface area contributed by atoms with E-state index in [1.807, 2.05) is 0 Å². The third kappa shape index (κ3) is 2.68. The Morgan fingerprint density at radius 3 is 2.55 bits per heavy atom. The fourth-order valence-corrected chi connectivity index (χ4v) is 9.93. The first kappa shape index (κ1) is 21.1. The van der Waals surface area contributed by atoms with E-state index in [-0.39, 0.29) is 29.0 Å². The Morgan fingerprint density at radius 1 is 1.00 bits per heavy atom. The molecule has 1 N–H and O–H groups in total. The smallest absolute Gasteiger partial charge is 0.171 e. The quantitative estimate of drug-likeness (QED) is 0.589. The van der Waals surface area contributed by atoms with Crippen LogP contribution in [0.25, 0.3) is 0 Å². The third-order valence-corrected chi connectivity index (χ3v) is 11.8. The lowest BCUT2D eigenvalue weighted by Gasteiger charge is -2.60. The molecule has 174 valence electrons. The number of aliphatic hydroxyl groups excluding tert-OH is 1. The number of rotatable bonds is 0. The van der Waals surface area contributed by atoms with Crippen LogP contribution in [0.2, 0.25) is 0 Å². The van der Waals surface area contributed by atoms with E-state index in [2.05, 4.69) is 27.7 Å². The number of carbonyl (C=O) groups is 1. The summed E-state index contributed by atoms with van der Waals surface area (Å²) in [6, 6.07) is 0. The topological polar surface area (TPSA) is 55.8 Å². The molecule has 4 saturated carbocycles. The van der Waals surface area contributed by atoms with Crippen molar-refractivity contribution >= 4 is 5.78 Å². The zero-order valence-corrected chi connectivity index (χ0v) is 19.9. The first-order valence-electron chi connectivity index (χ1n) is 13.2. The summed E-state index contributed by atoms with van der Waals surface area (Å²) < 4.78 is 13.2. The van der Waals surface area contributed by atoms with Crippen molar-refractivity contribution in [1.82, 2.24) is 0 Å². The number of hydrogen-bond donors (Lipinski definition) is 1. The number of Topliss-reactive ketones (excluding diaryl/α,β-unsaturated/α-hetero) is 1. The van der Waals surface area contributed by atoms with Crippen molar-refractivity contribution in [2.24, 2.45) is 52.3 Å². The molecule has 3 unspecified atom stereocenters. The van der Waals surface area contributed by atoms with Gasteiger partial charge in [-0.15, -0.1) is 0 Å². The SMILES string of the molecule is C[C@@H]1CC[C@]2(OC1)O[C@@H]1CC3C4CC[C@@H]5C[C@H](O)CC[C@@]5(C)C4CC(=O)[C@@]3(C)[C@@H]1[C@H]2C. The molecule has 2 heterocycles. The summed E-state index contributed by atoms with van der Waals surface area (Å²) in [5, 5.41) is 10.3. The Morgan fingerprint density at radius 2 is 1.81 bits per heavy atom. The van der Waals surface area contributed by atoms with Gasteiger partial charge in [0.15, 0.2) is 5.79 Å². The van der Waals surface area contributed by atoms with Gasteiger partial charge in [0.2, 0.25) is 0 Å². The van der Waals surface area contributed by atoms with E-state index in [1.54, 1.807) is 0 Å². The zero-order valence-electron chi connectivity index (χ0n) is 19.9. The lowest BCUT2D eigenvalue weighted by atomic mass is 9.44. The maximum absolute atomic E-state index is 14.0. The number of ether oxygens (including phenoxy) is 2. The summed E-state index contributed by atoms with van der Waals surface area (Å²) in [5.74, 6) is 3.45. The molecule has 0 aromatic heterocycles. The maximum Gasteiger partial charge on any atom is 0.171 e. The molecule has 12 atom stereocenters. The van der Waals surface area contributed by atoms with Gasteiger partial charge in [0.1, 0.15) is 5.78 Å². The van der Waals surface area contributed by atoms with Gasteiger partial charge >= 0.3 is 0 Å². The number of carbonyl (C=O) groups excluding carboxylic acids is 1. The van der Waals surface area contributed by atoms with E-state index in [4.69, 9.17) is 9.47 Å². The molecule has 2 saturated heterocycles. The van der Waals surface area contributed by atoms with Gasteiger partial charge in [-0.2, -0.15) is 0 Å². The van der Waals surface area contributed by atoms with Gasteiger partial charge in [0, 0.05) is 30.1 Å². The minimum Gasteiger partial charge on any atom is -0.393 e. The van der Waals surface area contributed by atoms with Crippen molar-refractivity contribution in [2.45, 2.75) is 103 Å². The lowest BCUT2D eigenvalue weighted by molar-refractivity contribution is -0.272. The van der Waals surface area contributed by atoms with Crippen molar-refractivity contribution < 1.29 is 19.4 Å². The Bertz CT molecular complexity index is 756. The summed E-state index contributed by atoms with van der Waals surface area (Å²) in [5.41, 5.74) is -0.0221. The van der Waals surface area contributed by atoms with E-state index in [0.29, 0.717) is 41.3 Å². The number of fused-ring (bicyclic) bond motifs is 7. The molecule has 4 heteroatoms. The van der Waals surface area contributed by atoms with E-state index in [9.17, 15) is 9.90 Å². The number of ketones is 1. The molecular formula is C27H42O4. The van der Waals surface area contributed by atoms with Crippen LogP contribution >= 0.6 is 0 Å². The van der Waals surface area contributed by atoms with Crippen LogP contribution < -0.4 is 0 Å². The highest BCUT2D eigenvalue weighted by atomic mass is 16.7. The van der Waals surface area contributed by atoms with Crippen LogP contribution in [0.3, 0.4) is 0 Å². The largest absolute Gasteiger partial charge is 0.393 e. The van der Waals surface area contributed by atoms with Crippen molar-refractivity contribution in [1.29, 1.82) is 0 Å². The summed E-state index contributed by atoms with van der Waals surface area (Å²) in [6.45, 7) is 10.1. The van der Waals surface area contributed by atoms with E-state index in [0.717, 1.165) is 51.6 Å². The predicted octanol–water partition coefficient (Wildman–Crippen LogP) is 4.97. The highest BCUT2D eigenvalue weighted by Gasteiger charge is 2.71. The Kier molecular flexibility index (Phi) is 4.62. The van der Waals surface area contributed by atoms with Crippen LogP contribution in [0, 0.1) is 52.3 Å². The Hall–Kier alpha value is -0.450. The molecule has 2 aliphatic heterocycles. The molecule has 4 nitrogen and oxygen atoms in total. The second-order valence-corrected chi connectivity index (χ2v) is 13.0. The van der Waals surface area contributed by atoms with Gasteiger partial charge in [0.05, 0.1) is 18.8 Å². The van der Waals surface area contributed by atoms with Crippen LogP contribution in [-0.2, 0) is 14.3 Å². The first-order valence-corrected chi connectivity index (χ1v) is 13.2. The maximum atomic E-state index is 14.0. The van der Waals surface area contributed by atoms with E-state index < -0.39 is 5.79 Å². The molecule has 6 rings (SSSR count). The minimum atomic E-state index is -0.448. The normalized spacial score (nSPS) is 60.9. The van der Waals surface area contributed by atoms with Crippen LogP contribution in [0.1, 0.15) is 85.5 Å². The number of hydrogen-bond acceptors (Lipinski definition) is 4. The molecule has 6 fully saturated rings. The van der Waals surface area contributed by atoms with Gasteiger partial charge in [-0.25, -0.2) is 0 Å².